The number of anilines is 1. The van der Waals surface area contributed by atoms with Crippen LogP contribution in [0.5, 0.6) is 0 Å². The third kappa shape index (κ3) is 5.69. The van der Waals surface area contributed by atoms with Crippen molar-refractivity contribution >= 4 is 29.5 Å². The van der Waals surface area contributed by atoms with Crippen molar-refractivity contribution < 1.29 is 9.90 Å². The molecule has 1 aromatic heterocycles. The molecule has 23 heavy (non-hydrogen) atoms. The van der Waals surface area contributed by atoms with Crippen molar-refractivity contribution in [3.8, 4) is 0 Å². The van der Waals surface area contributed by atoms with Crippen LogP contribution in [0.3, 0.4) is 0 Å². The fraction of sp³-hybridized carbons (Fsp3) is 0.412. The molecule has 1 saturated heterocycles. The van der Waals surface area contributed by atoms with Crippen LogP contribution in [0.25, 0.3) is 6.08 Å². The van der Waals surface area contributed by atoms with E-state index in [0.717, 1.165) is 32.1 Å². The fourth-order valence-corrected chi connectivity index (χ4v) is 2.67. The monoisotopic (exact) mass is 335 g/mol. The minimum Gasteiger partial charge on any atom is -0.478 e. The second-order valence-corrected chi connectivity index (χ2v) is 6.35. The predicted molar refractivity (Wildman–Crippen MR) is 93.8 cm³/mol. The van der Waals surface area contributed by atoms with Crippen molar-refractivity contribution in [2.45, 2.75) is 26.3 Å². The number of likely N-dealkylation sites (tertiary alicyclic amines) is 1. The van der Waals surface area contributed by atoms with E-state index >= 15 is 0 Å². The molecule has 2 N–H and O–H groups in total. The lowest BCUT2D eigenvalue weighted by atomic mass is 10.2. The summed E-state index contributed by atoms with van der Waals surface area (Å²) >= 11 is 6.23. The first-order valence-electron chi connectivity index (χ1n) is 7.63. The molecule has 5 nitrogen and oxygen atoms in total. The van der Waals surface area contributed by atoms with Crippen molar-refractivity contribution in [1.29, 1.82) is 0 Å². The largest absolute Gasteiger partial charge is 0.478 e. The molecule has 0 amide bonds. The molecule has 6 heteroatoms. The van der Waals surface area contributed by atoms with Gasteiger partial charge in [-0.15, -0.1) is 0 Å². The van der Waals surface area contributed by atoms with Crippen LogP contribution in [0, 0.1) is 0 Å². The Labute approximate surface area is 141 Å². The van der Waals surface area contributed by atoms with Crippen LogP contribution in [0.1, 0.15) is 25.8 Å². The number of aromatic nitrogens is 1. The summed E-state index contributed by atoms with van der Waals surface area (Å²) in [5, 5.41) is 12.5. The summed E-state index contributed by atoms with van der Waals surface area (Å²) in [6, 6.07) is 2.04. The number of hydrogen-bond acceptors (Lipinski definition) is 4. The fourth-order valence-electron chi connectivity index (χ4n) is 2.44. The van der Waals surface area contributed by atoms with E-state index in [1.807, 2.05) is 0 Å². The van der Waals surface area contributed by atoms with E-state index in [9.17, 15) is 4.79 Å². The third-order valence-electron chi connectivity index (χ3n) is 3.65. The second kappa shape index (κ2) is 8.13. The average molecular weight is 336 g/mol. The summed E-state index contributed by atoms with van der Waals surface area (Å²) in [6.07, 6.45) is 7.44. The third-order valence-corrected chi connectivity index (χ3v) is 3.94. The van der Waals surface area contributed by atoms with E-state index in [1.165, 1.54) is 11.6 Å². The zero-order valence-electron chi connectivity index (χ0n) is 13.4. The number of hydrogen-bond donors (Lipinski definition) is 2. The number of pyridine rings is 1. The predicted octanol–water partition coefficient (Wildman–Crippen LogP) is 3.29. The molecular weight excluding hydrogens is 314 g/mol. The van der Waals surface area contributed by atoms with Crippen molar-refractivity contribution in [2.75, 3.05) is 25.0 Å². The van der Waals surface area contributed by atoms with E-state index in [4.69, 9.17) is 16.7 Å². The molecule has 1 aliphatic rings. The molecule has 1 fully saturated rings. The summed E-state index contributed by atoms with van der Waals surface area (Å²) in [5.74, 6) is -0.348. The molecule has 1 atom stereocenters. The van der Waals surface area contributed by atoms with Crippen LogP contribution in [0.15, 0.2) is 30.0 Å². The van der Waals surface area contributed by atoms with Crippen molar-refractivity contribution in [1.82, 2.24) is 9.88 Å². The highest BCUT2D eigenvalue weighted by atomic mass is 35.5. The van der Waals surface area contributed by atoms with Crippen LogP contribution in [0.2, 0.25) is 5.02 Å². The van der Waals surface area contributed by atoms with Gasteiger partial charge in [-0.2, -0.15) is 0 Å². The van der Waals surface area contributed by atoms with Gasteiger partial charge in [-0.05, 0) is 38.0 Å². The molecule has 0 bridgehead atoms. The number of carboxylic acids is 1. The maximum absolute atomic E-state index is 10.5. The van der Waals surface area contributed by atoms with Crippen LogP contribution in [-0.4, -0.2) is 46.6 Å². The number of carbonyl (C=O) groups is 1. The summed E-state index contributed by atoms with van der Waals surface area (Å²) in [4.78, 5) is 17.2. The number of carboxylic acid groups (broad SMARTS) is 1. The summed E-state index contributed by atoms with van der Waals surface area (Å²) in [5.41, 5.74) is 2.00. The lowest BCUT2D eigenvalue weighted by Gasteiger charge is -2.16. The van der Waals surface area contributed by atoms with E-state index in [1.54, 1.807) is 12.3 Å². The molecule has 0 unspecified atom stereocenters. The van der Waals surface area contributed by atoms with Gasteiger partial charge in [-0.25, -0.2) is 9.78 Å². The summed E-state index contributed by atoms with van der Waals surface area (Å²) < 4.78 is 0. The molecule has 124 valence electrons. The maximum Gasteiger partial charge on any atom is 0.328 e. The Balaban J connectivity index is 1.93. The quantitative estimate of drug-likeness (QED) is 0.617. The first kappa shape index (κ1) is 17.5. The smallest absolute Gasteiger partial charge is 0.328 e. The van der Waals surface area contributed by atoms with Gasteiger partial charge in [0.1, 0.15) is 5.82 Å². The van der Waals surface area contributed by atoms with Crippen molar-refractivity contribution in [3.05, 3.63) is 40.6 Å². The molecule has 0 aliphatic carbocycles. The highest BCUT2D eigenvalue weighted by Gasteiger charge is 2.22. The molecule has 0 spiro atoms. The topological polar surface area (TPSA) is 65.5 Å². The lowest BCUT2D eigenvalue weighted by molar-refractivity contribution is -0.131. The van der Waals surface area contributed by atoms with Gasteiger partial charge in [0, 0.05) is 37.9 Å². The molecule has 2 heterocycles. The van der Waals surface area contributed by atoms with Crippen molar-refractivity contribution in [3.63, 3.8) is 0 Å². The number of rotatable bonds is 6. The molecule has 0 saturated carbocycles. The molecule has 1 aromatic rings. The molecule has 0 aromatic carbocycles. The normalized spacial score (nSPS) is 18.3. The Morgan fingerprint density at radius 2 is 2.35 bits per heavy atom. The summed E-state index contributed by atoms with van der Waals surface area (Å²) in [6.45, 7) is 7.20. The number of aliphatic carboxylic acids is 1. The minimum absolute atomic E-state index is 0.325. The Morgan fingerprint density at radius 3 is 3.00 bits per heavy atom. The minimum atomic E-state index is -0.995. The lowest BCUT2D eigenvalue weighted by Crippen LogP contribution is -2.26. The number of allylic oxidation sites excluding steroid dienone is 1. The van der Waals surface area contributed by atoms with Gasteiger partial charge in [-0.3, -0.25) is 4.90 Å². The van der Waals surface area contributed by atoms with Gasteiger partial charge < -0.3 is 10.4 Å². The highest BCUT2D eigenvalue weighted by molar-refractivity contribution is 6.33. The first-order chi connectivity index (χ1) is 10.9. The van der Waals surface area contributed by atoms with E-state index < -0.39 is 5.97 Å². The Kier molecular flexibility index (Phi) is 6.19. The summed E-state index contributed by atoms with van der Waals surface area (Å²) in [7, 11) is 0. The van der Waals surface area contributed by atoms with Crippen LogP contribution in [-0.2, 0) is 4.79 Å². The standard InChI is InChI=1S/C17H22ClN3O2/c1-12(2)5-7-21-8-6-14(11-21)20-17-15(18)9-13(10-19-17)3-4-16(22)23/h3-5,9-10,14H,6-8,11H2,1-2H3,(H,19,20)(H,22,23)/t14-/m1/s1. The van der Waals surface area contributed by atoms with Crippen LogP contribution < -0.4 is 5.32 Å². The van der Waals surface area contributed by atoms with E-state index in [0.29, 0.717) is 22.4 Å². The number of nitrogens with zero attached hydrogens (tertiary/aromatic N) is 2. The van der Waals surface area contributed by atoms with Gasteiger partial charge in [0.05, 0.1) is 5.02 Å². The maximum atomic E-state index is 10.5. The average Bonchev–Trinajstić information content (AvgIpc) is 2.93. The molecule has 0 radical (unpaired) electrons. The zero-order valence-corrected chi connectivity index (χ0v) is 14.2. The van der Waals surface area contributed by atoms with Gasteiger partial charge in [-0.1, -0.05) is 23.3 Å². The zero-order chi connectivity index (χ0) is 16.8. The van der Waals surface area contributed by atoms with Crippen LogP contribution >= 0.6 is 11.6 Å². The second-order valence-electron chi connectivity index (χ2n) is 5.94. The van der Waals surface area contributed by atoms with Gasteiger partial charge in [0.15, 0.2) is 0 Å². The molecule has 1 aliphatic heterocycles. The van der Waals surface area contributed by atoms with E-state index in [-0.39, 0.29) is 0 Å². The number of halogens is 1. The first-order valence-corrected chi connectivity index (χ1v) is 8.00. The number of nitrogens with one attached hydrogen (secondary N) is 1. The molecular formula is C17H22ClN3O2. The highest BCUT2D eigenvalue weighted by Crippen LogP contribution is 2.23. The Bertz CT molecular complexity index is 624. The Hall–Kier alpha value is -1.85. The van der Waals surface area contributed by atoms with Gasteiger partial charge in [0.2, 0.25) is 0 Å². The van der Waals surface area contributed by atoms with Gasteiger partial charge >= 0.3 is 5.97 Å². The van der Waals surface area contributed by atoms with Crippen molar-refractivity contribution in [2.24, 2.45) is 0 Å². The molecule has 2 rings (SSSR count). The van der Waals surface area contributed by atoms with E-state index in [2.05, 4.69) is 35.1 Å². The SMILES string of the molecule is CC(C)=CCN1CC[C@@H](Nc2ncc(C=CC(=O)O)cc2Cl)C1. The van der Waals surface area contributed by atoms with Crippen LogP contribution in [0.4, 0.5) is 5.82 Å². The van der Waals surface area contributed by atoms with Gasteiger partial charge in [0.25, 0.3) is 0 Å². The Morgan fingerprint density at radius 1 is 1.57 bits per heavy atom.